The Bertz CT molecular complexity index is 384. The van der Waals surface area contributed by atoms with Gasteiger partial charge in [0, 0.05) is 23.4 Å². The van der Waals surface area contributed by atoms with Gasteiger partial charge in [-0.3, -0.25) is 0 Å². The lowest BCUT2D eigenvalue weighted by Crippen LogP contribution is -1.96. The lowest BCUT2D eigenvalue weighted by atomic mass is 10.1. The molecule has 0 spiro atoms. The minimum Gasteiger partial charge on any atom is -0.391 e. The number of alkyl halides is 1. The lowest BCUT2D eigenvalue weighted by Gasteiger charge is -2.01. The molecule has 0 bridgehead atoms. The molecule has 0 saturated carbocycles. The monoisotopic (exact) mass is 230 g/mol. The summed E-state index contributed by atoms with van der Waals surface area (Å²) in [4.78, 5) is 0. The second-order valence-electron chi connectivity index (χ2n) is 2.82. The molecular formula is C11H9ClF2O. The highest BCUT2D eigenvalue weighted by Gasteiger charge is 2.08. The number of hydrogen-bond acceptors (Lipinski definition) is 1. The second kappa shape index (κ2) is 5.69. The first-order valence-corrected chi connectivity index (χ1v) is 4.86. The summed E-state index contributed by atoms with van der Waals surface area (Å²) in [6.45, 7) is -0.660. The summed E-state index contributed by atoms with van der Waals surface area (Å²) in [6, 6.07) is 2.19. The molecule has 0 radical (unpaired) electrons. The molecule has 1 nitrogen and oxygen atoms in total. The van der Waals surface area contributed by atoms with Crippen LogP contribution in [0.25, 0.3) is 0 Å². The van der Waals surface area contributed by atoms with Gasteiger partial charge in [0.05, 0.1) is 6.61 Å². The maximum absolute atomic E-state index is 13.1. The van der Waals surface area contributed by atoms with Crippen LogP contribution in [0, 0.1) is 23.5 Å². The van der Waals surface area contributed by atoms with Gasteiger partial charge in [0.2, 0.25) is 0 Å². The van der Waals surface area contributed by atoms with Crippen LogP contribution in [0.3, 0.4) is 0 Å². The van der Waals surface area contributed by atoms with Crippen molar-refractivity contribution in [1.29, 1.82) is 0 Å². The first-order chi connectivity index (χ1) is 7.19. The molecule has 1 aromatic carbocycles. The first kappa shape index (κ1) is 12.0. The van der Waals surface area contributed by atoms with Crippen LogP contribution >= 0.6 is 11.6 Å². The van der Waals surface area contributed by atoms with E-state index in [0.717, 1.165) is 12.1 Å². The van der Waals surface area contributed by atoms with Crippen molar-refractivity contribution in [2.45, 2.75) is 13.0 Å². The molecule has 15 heavy (non-hydrogen) atoms. The highest BCUT2D eigenvalue weighted by atomic mass is 35.5. The molecule has 1 aromatic rings. The third-order valence-corrected chi connectivity index (χ3v) is 1.94. The Morgan fingerprint density at radius 2 is 1.87 bits per heavy atom. The SMILES string of the molecule is OCc1c(F)cc(C#CCCCl)cc1F. The Labute approximate surface area is 91.7 Å². The average Bonchev–Trinajstić information content (AvgIpc) is 2.18. The Hall–Kier alpha value is -1.11. The summed E-state index contributed by atoms with van der Waals surface area (Å²) in [5.41, 5.74) is -0.0924. The quantitative estimate of drug-likeness (QED) is 0.611. The summed E-state index contributed by atoms with van der Waals surface area (Å²) < 4.78 is 26.3. The van der Waals surface area contributed by atoms with Gasteiger partial charge in [-0.15, -0.1) is 11.6 Å². The smallest absolute Gasteiger partial charge is 0.132 e. The zero-order valence-electron chi connectivity index (χ0n) is 7.86. The number of aliphatic hydroxyl groups is 1. The van der Waals surface area contributed by atoms with Crippen LogP contribution in [-0.2, 0) is 6.61 Å². The van der Waals surface area contributed by atoms with Gasteiger partial charge in [-0.05, 0) is 12.1 Å². The second-order valence-corrected chi connectivity index (χ2v) is 3.20. The van der Waals surface area contributed by atoms with Gasteiger partial charge in [-0.2, -0.15) is 0 Å². The zero-order valence-corrected chi connectivity index (χ0v) is 8.61. The zero-order chi connectivity index (χ0) is 11.3. The minimum absolute atomic E-state index is 0.243. The fourth-order valence-corrected chi connectivity index (χ4v) is 1.13. The molecule has 0 fully saturated rings. The summed E-state index contributed by atoms with van der Waals surface area (Å²) in [6.07, 6.45) is 0.465. The lowest BCUT2D eigenvalue weighted by molar-refractivity contribution is 0.269. The molecule has 1 N–H and O–H groups in total. The number of benzene rings is 1. The molecule has 1 rings (SSSR count). The van der Waals surface area contributed by atoms with Crippen molar-refractivity contribution in [3.8, 4) is 11.8 Å². The maximum Gasteiger partial charge on any atom is 0.132 e. The van der Waals surface area contributed by atoms with E-state index in [2.05, 4.69) is 11.8 Å². The Kier molecular flexibility index (Phi) is 4.54. The number of halogens is 3. The van der Waals surface area contributed by atoms with Crippen molar-refractivity contribution in [2.24, 2.45) is 0 Å². The molecule has 0 heterocycles. The molecule has 0 aromatic heterocycles. The predicted molar refractivity (Wildman–Crippen MR) is 54.5 cm³/mol. The van der Waals surface area contributed by atoms with Crippen molar-refractivity contribution >= 4 is 11.6 Å². The summed E-state index contributed by atoms with van der Waals surface area (Å²) in [7, 11) is 0. The molecule has 4 heteroatoms. The third kappa shape index (κ3) is 3.19. The molecule has 0 aliphatic rings. The molecular weight excluding hydrogens is 222 g/mol. The van der Waals surface area contributed by atoms with Crippen LogP contribution in [0.4, 0.5) is 8.78 Å². The largest absolute Gasteiger partial charge is 0.391 e. The van der Waals surface area contributed by atoms with Crippen molar-refractivity contribution in [2.75, 3.05) is 5.88 Å². The fourth-order valence-electron chi connectivity index (χ4n) is 1.04. The van der Waals surface area contributed by atoms with Gasteiger partial charge in [0.25, 0.3) is 0 Å². The number of aliphatic hydroxyl groups excluding tert-OH is 1. The molecule has 80 valence electrons. The van der Waals surface area contributed by atoms with Crippen LogP contribution in [0.2, 0.25) is 0 Å². The minimum atomic E-state index is -0.785. The van der Waals surface area contributed by atoms with E-state index >= 15 is 0 Å². The van der Waals surface area contributed by atoms with Crippen LogP contribution in [0.5, 0.6) is 0 Å². The van der Waals surface area contributed by atoms with Crippen molar-refractivity contribution in [3.05, 3.63) is 34.9 Å². The third-order valence-electron chi connectivity index (χ3n) is 1.75. The van der Waals surface area contributed by atoms with Crippen LogP contribution in [0.1, 0.15) is 17.5 Å². The van der Waals surface area contributed by atoms with Crippen LogP contribution in [-0.4, -0.2) is 11.0 Å². The van der Waals surface area contributed by atoms with Gasteiger partial charge < -0.3 is 5.11 Å². The van der Waals surface area contributed by atoms with Gasteiger partial charge in [-0.25, -0.2) is 8.78 Å². The van der Waals surface area contributed by atoms with E-state index in [1.807, 2.05) is 0 Å². The Morgan fingerprint density at radius 1 is 1.27 bits per heavy atom. The van der Waals surface area contributed by atoms with Crippen molar-refractivity contribution in [3.63, 3.8) is 0 Å². The standard InChI is InChI=1S/C11H9ClF2O/c12-4-2-1-3-8-5-10(13)9(7-15)11(14)6-8/h5-6,15H,2,4,7H2. The predicted octanol–water partition coefficient (Wildman–Crippen LogP) is 2.44. The molecule has 0 aliphatic carbocycles. The summed E-state index contributed by atoms with van der Waals surface area (Å²) >= 11 is 5.39. The van der Waals surface area contributed by atoms with E-state index in [1.165, 1.54) is 0 Å². The van der Waals surface area contributed by atoms with Gasteiger partial charge in [0.15, 0.2) is 0 Å². The molecule has 0 unspecified atom stereocenters. The molecule has 0 saturated heterocycles. The number of hydrogen-bond donors (Lipinski definition) is 1. The summed E-state index contributed by atoms with van der Waals surface area (Å²) in [5, 5.41) is 8.67. The highest BCUT2D eigenvalue weighted by molar-refractivity contribution is 6.18. The number of rotatable bonds is 2. The van der Waals surface area contributed by atoms with Gasteiger partial charge >= 0.3 is 0 Å². The average molecular weight is 231 g/mol. The first-order valence-electron chi connectivity index (χ1n) is 4.32. The normalized spacial score (nSPS) is 9.60. The van der Waals surface area contributed by atoms with Gasteiger partial charge in [0.1, 0.15) is 11.6 Å². The maximum atomic E-state index is 13.1. The van der Waals surface area contributed by atoms with E-state index in [-0.39, 0.29) is 11.1 Å². The van der Waals surface area contributed by atoms with E-state index < -0.39 is 18.2 Å². The molecule has 0 atom stereocenters. The van der Waals surface area contributed by atoms with E-state index in [4.69, 9.17) is 16.7 Å². The highest BCUT2D eigenvalue weighted by Crippen LogP contribution is 2.14. The van der Waals surface area contributed by atoms with Crippen LogP contribution in [0.15, 0.2) is 12.1 Å². The van der Waals surface area contributed by atoms with Gasteiger partial charge in [-0.1, -0.05) is 11.8 Å². The van der Waals surface area contributed by atoms with E-state index in [0.29, 0.717) is 12.3 Å². The Morgan fingerprint density at radius 3 is 2.33 bits per heavy atom. The molecule has 0 aliphatic heterocycles. The van der Waals surface area contributed by atoms with Crippen molar-refractivity contribution < 1.29 is 13.9 Å². The fraction of sp³-hybridized carbons (Fsp3) is 0.273. The topological polar surface area (TPSA) is 20.2 Å². The Balaban J connectivity index is 3.00. The van der Waals surface area contributed by atoms with E-state index in [1.54, 1.807) is 0 Å². The van der Waals surface area contributed by atoms with Crippen LogP contribution < -0.4 is 0 Å². The van der Waals surface area contributed by atoms with E-state index in [9.17, 15) is 8.78 Å². The summed E-state index contributed by atoms with van der Waals surface area (Å²) in [5.74, 6) is 4.06. The van der Waals surface area contributed by atoms with Crippen molar-refractivity contribution in [1.82, 2.24) is 0 Å². The molecule has 0 amide bonds.